The van der Waals surface area contributed by atoms with E-state index < -0.39 is 0 Å². The number of hydrogen-bond acceptors (Lipinski definition) is 3. The Bertz CT molecular complexity index is 618. The van der Waals surface area contributed by atoms with Crippen molar-refractivity contribution in [2.75, 3.05) is 18.0 Å². The lowest BCUT2D eigenvalue weighted by atomic mass is 10.0. The van der Waals surface area contributed by atoms with Crippen molar-refractivity contribution in [3.63, 3.8) is 0 Å². The lowest BCUT2D eigenvalue weighted by Crippen LogP contribution is -2.48. The molecule has 2 rings (SSSR count). The maximum Gasteiger partial charge on any atom is 0.335 e. The predicted molar refractivity (Wildman–Crippen MR) is 84.0 cm³/mol. The highest BCUT2D eigenvalue weighted by atomic mass is 16.2. The van der Waals surface area contributed by atoms with E-state index in [2.05, 4.69) is 27.7 Å². The van der Waals surface area contributed by atoms with Gasteiger partial charge in [-0.1, -0.05) is 24.0 Å². The second-order valence-electron chi connectivity index (χ2n) is 4.62. The number of amides is 2. The number of benzene rings is 1. The van der Waals surface area contributed by atoms with Crippen LogP contribution in [0.15, 0.2) is 29.4 Å². The van der Waals surface area contributed by atoms with Crippen LogP contribution in [0.3, 0.4) is 0 Å². The van der Waals surface area contributed by atoms with Gasteiger partial charge in [0.05, 0.1) is 24.8 Å². The predicted octanol–water partition coefficient (Wildman–Crippen LogP) is 1.16. The number of nitrogens with one attached hydrogen (secondary N) is 2. The van der Waals surface area contributed by atoms with E-state index >= 15 is 0 Å². The van der Waals surface area contributed by atoms with Crippen LogP contribution in [0, 0.1) is 24.7 Å². The Hall–Kier alpha value is -2.92. The van der Waals surface area contributed by atoms with Gasteiger partial charge in [0.2, 0.25) is 0 Å². The van der Waals surface area contributed by atoms with E-state index in [1.807, 2.05) is 36.1 Å². The molecular formula is C16H16N4O. The Morgan fingerprint density at radius 1 is 1.24 bits per heavy atom. The van der Waals surface area contributed by atoms with Crippen molar-refractivity contribution < 1.29 is 4.79 Å². The zero-order valence-electron chi connectivity index (χ0n) is 11.8. The van der Waals surface area contributed by atoms with Crippen LogP contribution in [0.1, 0.15) is 12.5 Å². The molecule has 0 saturated heterocycles. The molecule has 1 heterocycles. The van der Waals surface area contributed by atoms with E-state index in [1.165, 1.54) is 0 Å². The third-order valence-corrected chi connectivity index (χ3v) is 3.13. The molecule has 2 N–H and O–H groups in total. The minimum absolute atomic E-state index is 0.142. The summed E-state index contributed by atoms with van der Waals surface area (Å²) in [5.74, 6) is 5.18. The summed E-state index contributed by atoms with van der Waals surface area (Å²) in [6.45, 7) is 2.80. The average molecular weight is 280 g/mol. The van der Waals surface area contributed by atoms with Crippen molar-refractivity contribution in [3.05, 3.63) is 29.8 Å². The van der Waals surface area contributed by atoms with Gasteiger partial charge in [-0.05, 0) is 19.1 Å². The molecule has 5 nitrogen and oxygen atoms in total. The molecule has 2 amide bonds. The van der Waals surface area contributed by atoms with Gasteiger partial charge in [0.15, 0.2) is 0 Å². The summed E-state index contributed by atoms with van der Waals surface area (Å²) in [7, 11) is 0. The molecule has 1 atom stereocenters. The lowest BCUT2D eigenvalue weighted by Gasteiger charge is -2.23. The van der Waals surface area contributed by atoms with E-state index in [9.17, 15) is 4.79 Å². The van der Waals surface area contributed by atoms with Gasteiger partial charge in [0.1, 0.15) is 0 Å². The molecule has 0 bridgehead atoms. The van der Waals surface area contributed by atoms with E-state index in [4.69, 9.17) is 12.8 Å². The average Bonchev–Trinajstić information content (AvgIpc) is 2.47. The maximum atomic E-state index is 11.2. The topological polar surface area (TPSA) is 56.7 Å². The first-order chi connectivity index (χ1) is 10.2. The monoisotopic (exact) mass is 280 g/mol. The van der Waals surface area contributed by atoms with E-state index in [0.29, 0.717) is 13.1 Å². The largest absolute Gasteiger partial charge is 0.349 e. The standard InChI is InChI=1S/C16H16N4O/c1-4-10-20(11-5-2)14-8-6-13(7-9-14)15-12(3)17-16(21)19-18-15/h1-2,6-9,12H,10-11H2,3H3,(H2,17,19,21). The van der Waals surface area contributed by atoms with Crippen LogP contribution >= 0.6 is 0 Å². The summed E-state index contributed by atoms with van der Waals surface area (Å²) in [6.07, 6.45) is 10.7. The molecule has 5 heteroatoms. The molecule has 0 aromatic heterocycles. The van der Waals surface area contributed by atoms with Crippen LogP contribution in [0.2, 0.25) is 0 Å². The Balaban J connectivity index is 2.21. The van der Waals surface area contributed by atoms with Gasteiger partial charge >= 0.3 is 6.03 Å². The summed E-state index contributed by atoms with van der Waals surface area (Å²) in [5.41, 5.74) is 5.08. The highest BCUT2D eigenvalue weighted by Gasteiger charge is 2.20. The van der Waals surface area contributed by atoms with Crippen LogP contribution in [0.25, 0.3) is 0 Å². The van der Waals surface area contributed by atoms with Gasteiger partial charge in [-0.3, -0.25) is 0 Å². The quantitative estimate of drug-likeness (QED) is 0.813. The highest BCUT2D eigenvalue weighted by molar-refractivity contribution is 6.07. The Labute approximate surface area is 124 Å². The lowest BCUT2D eigenvalue weighted by molar-refractivity contribution is 0.239. The molecule has 0 aliphatic carbocycles. The van der Waals surface area contributed by atoms with Crippen LogP contribution in [-0.2, 0) is 0 Å². The first-order valence-corrected chi connectivity index (χ1v) is 6.52. The van der Waals surface area contributed by atoms with Gasteiger partial charge in [0, 0.05) is 11.3 Å². The van der Waals surface area contributed by atoms with Crippen molar-refractivity contribution >= 4 is 17.4 Å². The van der Waals surface area contributed by atoms with Gasteiger partial charge in [0.25, 0.3) is 0 Å². The third kappa shape index (κ3) is 3.34. The van der Waals surface area contributed by atoms with Gasteiger partial charge < -0.3 is 10.2 Å². The van der Waals surface area contributed by atoms with Crippen molar-refractivity contribution in [2.45, 2.75) is 13.0 Å². The fraction of sp³-hybridized carbons (Fsp3) is 0.250. The summed E-state index contributed by atoms with van der Waals surface area (Å²) in [4.78, 5) is 13.1. The molecule has 0 fully saturated rings. The summed E-state index contributed by atoms with van der Waals surface area (Å²) in [6, 6.07) is 7.31. The van der Waals surface area contributed by atoms with E-state index in [1.54, 1.807) is 0 Å². The zero-order chi connectivity index (χ0) is 15.2. The second-order valence-corrected chi connectivity index (χ2v) is 4.62. The molecule has 1 aliphatic rings. The normalized spacial score (nSPS) is 16.8. The molecule has 1 unspecified atom stereocenters. The van der Waals surface area contributed by atoms with Crippen molar-refractivity contribution in [3.8, 4) is 24.7 Å². The molecule has 1 aromatic rings. The molecular weight excluding hydrogens is 264 g/mol. The second kappa shape index (κ2) is 6.49. The summed E-state index contributed by atoms with van der Waals surface area (Å²) >= 11 is 0. The fourth-order valence-corrected chi connectivity index (χ4v) is 2.12. The molecule has 1 aliphatic heterocycles. The molecule has 0 saturated carbocycles. The first-order valence-electron chi connectivity index (χ1n) is 6.52. The maximum absolute atomic E-state index is 11.2. The molecule has 1 aromatic carbocycles. The number of rotatable bonds is 4. The smallest absolute Gasteiger partial charge is 0.335 e. The van der Waals surface area contributed by atoms with Crippen LogP contribution in [-0.4, -0.2) is 30.9 Å². The van der Waals surface area contributed by atoms with Crippen LogP contribution in [0.5, 0.6) is 0 Å². The SMILES string of the molecule is C#CCN(CC#C)c1ccc(C2=NNC(=O)NC2C)cc1. The third-order valence-electron chi connectivity index (χ3n) is 3.13. The van der Waals surface area contributed by atoms with Crippen LogP contribution < -0.4 is 15.6 Å². The molecule has 21 heavy (non-hydrogen) atoms. The van der Waals surface area contributed by atoms with Gasteiger partial charge in [-0.25, -0.2) is 10.2 Å². The van der Waals surface area contributed by atoms with Crippen molar-refractivity contribution in [1.29, 1.82) is 0 Å². The number of hydrazone groups is 1. The molecule has 106 valence electrons. The number of urea groups is 1. The van der Waals surface area contributed by atoms with Crippen LogP contribution in [0.4, 0.5) is 10.5 Å². The minimum Gasteiger partial charge on any atom is -0.349 e. The Kier molecular flexibility index (Phi) is 4.48. The Morgan fingerprint density at radius 2 is 1.86 bits per heavy atom. The summed E-state index contributed by atoms with van der Waals surface area (Å²) in [5, 5.41) is 6.85. The highest BCUT2D eigenvalue weighted by Crippen LogP contribution is 2.16. The van der Waals surface area contributed by atoms with Gasteiger partial charge in [-0.2, -0.15) is 5.10 Å². The fourth-order valence-electron chi connectivity index (χ4n) is 2.12. The van der Waals surface area contributed by atoms with E-state index in [0.717, 1.165) is 17.0 Å². The van der Waals surface area contributed by atoms with Crippen molar-refractivity contribution in [2.24, 2.45) is 5.10 Å². The zero-order valence-corrected chi connectivity index (χ0v) is 11.8. The van der Waals surface area contributed by atoms with E-state index in [-0.39, 0.29) is 12.1 Å². The van der Waals surface area contributed by atoms with Crippen molar-refractivity contribution in [1.82, 2.24) is 10.7 Å². The number of terminal acetylenes is 2. The number of carbonyl (C=O) groups excluding carboxylic acids is 1. The Morgan fingerprint density at radius 3 is 2.38 bits per heavy atom. The van der Waals surface area contributed by atoms with Gasteiger partial charge in [-0.15, -0.1) is 12.8 Å². The number of hydrogen-bond donors (Lipinski definition) is 2. The minimum atomic E-state index is -0.294. The summed E-state index contributed by atoms with van der Waals surface area (Å²) < 4.78 is 0. The first kappa shape index (κ1) is 14.5. The molecule has 0 spiro atoms. The molecule has 0 radical (unpaired) electrons. The number of carbonyl (C=O) groups is 1. The number of nitrogens with zero attached hydrogens (tertiary/aromatic N) is 2. The number of anilines is 1.